The quantitative estimate of drug-likeness (QED) is 0.557. The van der Waals surface area contributed by atoms with Gasteiger partial charge in [-0.2, -0.15) is 0 Å². The molecular weight excluding hydrogens is 401 g/mol. The largest absolute Gasteiger partial charge is 0.573 e. The first-order valence-corrected chi connectivity index (χ1v) is 9.95. The molecule has 2 aliphatic carbocycles. The number of nitrogens with zero attached hydrogens (tertiary/aromatic N) is 2. The van der Waals surface area contributed by atoms with Gasteiger partial charge in [0.25, 0.3) is 0 Å². The van der Waals surface area contributed by atoms with Crippen LogP contribution in [0.4, 0.5) is 18.9 Å². The van der Waals surface area contributed by atoms with Crippen LogP contribution < -0.4 is 9.64 Å². The van der Waals surface area contributed by atoms with E-state index in [1.54, 1.807) is 0 Å². The van der Waals surface area contributed by atoms with Crippen molar-refractivity contribution in [3.63, 3.8) is 0 Å². The standard InChI is InChI=1S/C21H19F3N2O4/c22-21(23,24)30-14-5-6-15-11(9-14)2-1-7-25(15)16(27)10-26-19(28)17-12-3-4-13(8-12)18(17)20(26)29/h3-6,9,12-13,17-18H,1-2,7-8,10H2/t12-,13-,17-,18+/m0/s1. The Morgan fingerprint density at radius 2 is 1.77 bits per heavy atom. The number of hydrogen-bond acceptors (Lipinski definition) is 4. The van der Waals surface area contributed by atoms with Crippen molar-refractivity contribution in [3.8, 4) is 5.75 Å². The van der Waals surface area contributed by atoms with Crippen LogP contribution in [0.15, 0.2) is 30.4 Å². The molecule has 0 spiro atoms. The van der Waals surface area contributed by atoms with Gasteiger partial charge in [-0.15, -0.1) is 13.2 Å². The second kappa shape index (κ2) is 6.58. The molecule has 1 aromatic rings. The molecule has 1 saturated carbocycles. The maximum absolute atomic E-state index is 13.0. The second-order valence-corrected chi connectivity index (χ2v) is 8.25. The lowest BCUT2D eigenvalue weighted by atomic mass is 9.85. The zero-order chi connectivity index (χ0) is 21.2. The van der Waals surface area contributed by atoms with Crippen LogP contribution in [0.25, 0.3) is 0 Å². The van der Waals surface area contributed by atoms with Gasteiger partial charge >= 0.3 is 6.36 Å². The van der Waals surface area contributed by atoms with Crippen LogP contribution in [0.2, 0.25) is 0 Å². The number of halogens is 3. The van der Waals surface area contributed by atoms with Crippen LogP contribution in [0.1, 0.15) is 18.4 Å². The van der Waals surface area contributed by atoms with Crippen LogP contribution in [0.3, 0.4) is 0 Å². The summed E-state index contributed by atoms with van der Waals surface area (Å²) in [5.41, 5.74) is 1.05. The molecule has 158 valence electrons. The number of amides is 3. The van der Waals surface area contributed by atoms with Crippen molar-refractivity contribution < 1.29 is 32.3 Å². The summed E-state index contributed by atoms with van der Waals surface area (Å²) in [6, 6.07) is 3.86. The minimum atomic E-state index is -4.79. The van der Waals surface area contributed by atoms with Gasteiger partial charge in [-0.1, -0.05) is 12.2 Å². The van der Waals surface area contributed by atoms with E-state index >= 15 is 0 Å². The van der Waals surface area contributed by atoms with Crippen LogP contribution >= 0.6 is 0 Å². The lowest BCUT2D eigenvalue weighted by molar-refractivity contribution is -0.274. The average molecular weight is 420 g/mol. The lowest BCUT2D eigenvalue weighted by Crippen LogP contribution is -2.45. The molecular formula is C21H19F3N2O4. The number of anilines is 1. The maximum Gasteiger partial charge on any atom is 0.573 e. The molecule has 9 heteroatoms. The summed E-state index contributed by atoms with van der Waals surface area (Å²) in [5.74, 6) is -1.92. The van der Waals surface area contributed by atoms with Gasteiger partial charge < -0.3 is 9.64 Å². The number of fused-ring (bicyclic) bond motifs is 6. The number of alkyl halides is 3. The normalized spacial score (nSPS) is 29.4. The first kappa shape index (κ1) is 19.1. The summed E-state index contributed by atoms with van der Waals surface area (Å²) in [6.07, 6.45) is 1.08. The molecule has 0 unspecified atom stereocenters. The molecule has 2 bridgehead atoms. The van der Waals surface area contributed by atoms with E-state index in [4.69, 9.17) is 0 Å². The minimum absolute atomic E-state index is 0.0688. The fourth-order valence-electron chi connectivity index (χ4n) is 5.37. The van der Waals surface area contributed by atoms with Gasteiger partial charge in [-0.3, -0.25) is 19.3 Å². The smallest absolute Gasteiger partial charge is 0.406 e. The van der Waals surface area contributed by atoms with E-state index in [2.05, 4.69) is 4.74 Å². The SMILES string of the molecule is O=C1[C@@H]2[C@H](C(=O)N1CC(=O)N1CCCc3cc(OC(F)(F)F)ccc31)[C@H]1C=C[C@H]2C1. The number of likely N-dealkylation sites (tertiary alicyclic amines) is 1. The highest BCUT2D eigenvalue weighted by Gasteiger charge is 2.59. The van der Waals surface area contributed by atoms with Gasteiger partial charge in [0, 0.05) is 12.2 Å². The molecule has 2 fully saturated rings. The highest BCUT2D eigenvalue weighted by Crippen LogP contribution is 2.52. The summed E-state index contributed by atoms with van der Waals surface area (Å²) < 4.78 is 41.4. The number of imide groups is 1. The molecule has 5 rings (SSSR count). The number of rotatable bonds is 3. The molecule has 3 amide bonds. The highest BCUT2D eigenvalue weighted by atomic mass is 19.4. The van der Waals surface area contributed by atoms with Crippen molar-refractivity contribution in [3.05, 3.63) is 35.9 Å². The van der Waals surface area contributed by atoms with E-state index < -0.39 is 12.3 Å². The number of carbonyl (C=O) groups is 3. The molecule has 6 nitrogen and oxygen atoms in total. The van der Waals surface area contributed by atoms with E-state index in [-0.39, 0.29) is 47.8 Å². The fourth-order valence-corrected chi connectivity index (χ4v) is 5.37. The van der Waals surface area contributed by atoms with Gasteiger partial charge in [-0.25, -0.2) is 0 Å². The van der Waals surface area contributed by atoms with Crippen molar-refractivity contribution in [2.75, 3.05) is 18.0 Å². The Labute approximate surface area is 170 Å². The van der Waals surface area contributed by atoms with E-state index in [1.165, 1.54) is 17.0 Å². The summed E-state index contributed by atoms with van der Waals surface area (Å²) >= 11 is 0. The third kappa shape index (κ3) is 2.98. The lowest BCUT2D eigenvalue weighted by Gasteiger charge is -2.31. The third-order valence-corrected chi connectivity index (χ3v) is 6.56. The second-order valence-electron chi connectivity index (χ2n) is 8.25. The maximum atomic E-state index is 13.0. The molecule has 4 atom stereocenters. The van der Waals surface area contributed by atoms with E-state index in [0.29, 0.717) is 30.6 Å². The Kier molecular flexibility index (Phi) is 4.20. The van der Waals surface area contributed by atoms with Gasteiger partial charge in [0.05, 0.1) is 11.8 Å². The zero-order valence-corrected chi connectivity index (χ0v) is 15.9. The number of benzene rings is 1. The molecule has 2 aliphatic heterocycles. The highest BCUT2D eigenvalue weighted by molar-refractivity contribution is 6.10. The summed E-state index contributed by atoms with van der Waals surface area (Å²) in [4.78, 5) is 41.1. The molecule has 1 aromatic carbocycles. The monoisotopic (exact) mass is 420 g/mol. The van der Waals surface area contributed by atoms with Crippen molar-refractivity contribution in [2.24, 2.45) is 23.7 Å². The van der Waals surface area contributed by atoms with Crippen LogP contribution in [-0.2, 0) is 20.8 Å². The van der Waals surface area contributed by atoms with Crippen molar-refractivity contribution >= 4 is 23.4 Å². The predicted octanol–water partition coefficient (Wildman–Crippen LogP) is 2.67. The average Bonchev–Trinajstić information content (AvgIpc) is 3.36. The Bertz CT molecular complexity index is 943. The van der Waals surface area contributed by atoms with E-state index in [9.17, 15) is 27.6 Å². The van der Waals surface area contributed by atoms with Gasteiger partial charge in [0.1, 0.15) is 12.3 Å². The van der Waals surface area contributed by atoms with Gasteiger partial charge in [0.2, 0.25) is 17.7 Å². The summed E-state index contributed by atoms with van der Waals surface area (Å²) in [5, 5.41) is 0. The topological polar surface area (TPSA) is 66.9 Å². The van der Waals surface area contributed by atoms with E-state index in [1.807, 2.05) is 12.2 Å². The molecule has 4 aliphatic rings. The molecule has 0 N–H and O–H groups in total. The van der Waals surface area contributed by atoms with E-state index in [0.717, 1.165) is 17.4 Å². The Balaban J connectivity index is 1.33. The van der Waals surface area contributed by atoms with Gasteiger partial charge in [0.15, 0.2) is 0 Å². The minimum Gasteiger partial charge on any atom is -0.406 e. The Morgan fingerprint density at radius 3 is 2.40 bits per heavy atom. The predicted molar refractivity (Wildman–Crippen MR) is 98.2 cm³/mol. The van der Waals surface area contributed by atoms with Gasteiger partial charge in [-0.05, 0) is 54.9 Å². The summed E-state index contributed by atoms with van der Waals surface area (Å²) in [6.45, 7) is 0.0333. The van der Waals surface area contributed by atoms with Crippen molar-refractivity contribution in [1.29, 1.82) is 0 Å². The van der Waals surface area contributed by atoms with Crippen LogP contribution in [0.5, 0.6) is 5.75 Å². The molecule has 0 radical (unpaired) electrons. The zero-order valence-electron chi connectivity index (χ0n) is 15.9. The number of aryl methyl sites for hydroxylation is 1. The molecule has 30 heavy (non-hydrogen) atoms. The number of allylic oxidation sites excluding steroid dienone is 2. The first-order valence-electron chi connectivity index (χ1n) is 9.95. The third-order valence-electron chi connectivity index (χ3n) is 6.56. The first-order chi connectivity index (χ1) is 14.2. The Morgan fingerprint density at radius 1 is 1.10 bits per heavy atom. The van der Waals surface area contributed by atoms with Crippen LogP contribution in [0, 0.1) is 23.7 Å². The van der Waals surface area contributed by atoms with Crippen molar-refractivity contribution in [1.82, 2.24) is 4.90 Å². The molecule has 2 heterocycles. The Hall–Kier alpha value is -2.84. The molecule has 1 saturated heterocycles. The van der Waals surface area contributed by atoms with Crippen LogP contribution in [-0.4, -0.2) is 42.1 Å². The van der Waals surface area contributed by atoms with Crippen molar-refractivity contribution in [2.45, 2.75) is 25.6 Å². The number of hydrogen-bond donors (Lipinski definition) is 0. The number of ether oxygens (including phenoxy) is 1. The fraction of sp³-hybridized carbons (Fsp3) is 0.476. The summed E-state index contributed by atoms with van der Waals surface area (Å²) in [7, 11) is 0. The molecule has 0 aromatic heterocycles. The number of carbonyl (C=O) groups excluding carboxylic acids is 3.